The van der Waals surface area contributed by atoms with Gasteiger partial charge in [-0.15, -0.1) is 0 Å². The fourth-order valence-electron chi connectivity index (χ4n) is 3.19. The van der Waals surface area contributed by atoms with Crippen LogP contribution in [0.4, 0.5) is 0 Å². The molecule has 0 radical (unpaired) electrons. The number of carbonyl (C=O) groups is 1. The lowest BCUT2D eigenvalue weighted by Crippen LogP contribution is -2.22. The van der Waals surface area contributed by atoms with Gasteiger partial charge >= 0.3 is 5.97 Å². The number of rotatable bonds is 8. The Balaban J connectivity index is 2.11. The lowest BCUT2D eigenvalue weighted by molar-refractivity contribution is 0.0696. The van der Waals surface area contributed by atoms with Gasteiger partial charge in [0.05, 0.1) is 24.5 Å². The maximum Gasteiger partial charge on any atom is 0.337 e. The molecule has 3 aromatic rings. The van der Waals surface area contributed by atoms with E-state index in [4.69, 9.17) is 9.47 Å². The number of pyridine rings is 1. The first kappa shape index (κ1) is 21.1. The minimum atomic E-state index is -1.09. The SMILES string of the molecule is CCOc1cccc(/C=C/c2nc3ccc(C(=O)O)cn3c(=O)c2CC)c1OCC. The molecule has 0 saturated carbocycles. The Labute approximate surface area is 174 Å². The third-order valence-corrected chi connectivity index (χ3v) is 4.57. The van der Waals surface area contributed by atoms with Gasteiger partial charge in [0.15, 0.2) is 11.5 Å². The summed E-state index contributed by atoms with van der Waals surface area (Å²) in [6, 6.07) is 8.60. The normalized spacial score (nSPS) is 11.2. The first-order valence-corrected chi connectivity index (χ1v) is 9.85. The number of aromatic nitrogens is 2. The second-order valence-electron chi connectivity index (χ2n) is 6.46. The van der Waals surface area contributed by atoms with Gasteiger partial charge in [0.25, 0.3) is 5.56 Å². The van der Waals surface area contributed by atoms with E-state index in [9.17, 15) is 14.7 Å². The van der Waals surface area contributed by atoms with E-state index in [1.807, 2.05) is 45.0 Å². The molecule has 0 atom stereocenters. The largest absolute Gasteiger partial charge is 0.490 e. The number of benzene rings is 1. The average Bonchev–Trinajstić information content (AvgIpc) is 2.74. The highest BCUT2D eigenvalue weighted by Gasteiger charge is 2.13. The number of fused-ring (bicyclic) bond motifs is 1. The van der Waals surface area contributed by atoms with E-state index in [0.717, 1.165) is 5.56 Å². The van der Waals surface area contributed by atoms with Crippen LogP contribution in [0, 0.1) is 0 Å². The Morgan fingerprint density at radius 3 is 2.53 bits per heavy atom. The molecular weight excluding hydrogens is 384 g/mol. The second-order valence-corrected chi connectivity index (χ2v) is 6.46. The molecule has 7 nitrogen and oxygen atoms in total. The minimum absolute atomic E-state index is 0.0332. The molecule has 0 bridgehead atoms. The molecule has 1 N–H and O–H groups in total. The van der Waals surface area contributed by atoms with E-state index < -0.39 is 5.97 Å². The van der Waals surface area contributed by atoms with Gasteiger partial charge in [-0.3, -0.25) is 9.20 Å². The van der Waals surface area contributed by atoms with Crippen LogP contribution in [-0.2, 0) is 6.42 Å². The smallest absolute Gasteiger partial charge is 0.337 e. The molecule has 3 rings (SSSR count). The third-order valence-electron chi connectivity index (χ3n) is 4.57. The number of nitrogens with zero attached hydrogens (tertiary/aromatic N) is 2. The van der Waals surface area contributed by atoms with Crippen LogP contribution in [0.25, 0.3) is 17.8 Å². The maximum absolute atomic E-state index is 12.9. The number of hydrogen-bond acceptors (Lipinski definition) is 5. The molecule has 0 unspecified atom stereocenters. The molecule has 0 saturated heterocycles. The van der Waals surface area contributed by atoms with Gasteiger partial charge in [0, 0.05) is 17.3 Å². The molecule has 0 aliphatic heterocycles. The summed E-state index contributed by atoms with van der Waals surface area (Å²) in [5.74, 6) is 0.202. The Morgan fingerprint density at radius 1 is 1.10 bits per heavy atom. The van der Waals surface area contributed by atoms with Crippen molar-refractivity contribution in [3.8, 4) is 11.5 Å². The summed E-state index contributed by atoms with van der Waals surface area (Å²) in [5, 5.41) is 9.19. The summed E-state index contributed by atoms with van der Waals surface area (Å²) in [6.07, 6.45) is 5.39. The van der Waals surface area contributed by atoms with Gasteiger partial charge < -0.3 is 14.6 Å². The molecule has 0 spiro atoms. The lowest BCUT2D eigenvalue weighted by Gasteiger charge is -2.13. The minimum Gasteiger partial charge on any atom is -0.490 e. The van der Waals surface area contributed by atoms with Gasteiger partial charge in [-0.25, -0.2) is 9.78 Å². The molecule has 156 valence electrons. The van der Waals surface area contributed by atoms with Crippen LogP contribution in [0.1, 0.15) is 48.0 Å². The van der Waals surface area contributed by atoms with Crippen molar-refractivity contribution in [1.82, 2.24) is 9.38 Å². The molecule has 1 aromatic carbocycles. The highest BCUT2D eigenvalue weighted by Crippen LogP contribution is 2.32. The topological polar surface area (TPSA) is 90.1 Å². The Kier molecular flexibility index (Phi) is 6.51. The highest BCUT2D eigenvalue weighted by atomic mass is 16.5. The van der Waals surface area contributed by atoms with Crippen molar-refractivity contribution in [2.24, 2.45) is 0 Å². The lowest BCUT2D eigenvalue weighted by atomic mass is 10.1. The Bertz CT molecular complexity index is 1160. The summed E-state index contributed by atoms with van der Waals surface area (Å²) < 4.78 is 12.7. The van der Waals surface area contributed by atoms with E-state index in [0.29, 0.717) is 48.0 Å². The van der Waals surface area contributed by atoms with Crippen molar-refractivity contribution in [3.63, 3.8) is 0 Å². The van der Waals surface area contributed by atoms with E-state index in [1.165, 1.54) is 22.7 Å². The van der Waals surface area contributed by atoms with Crippen molar-refractivity contribution in [2.75, 3.05) is 13.2 Å². The summed E-state index contributed by atoms with van der Waals surface area (Å²) >= 11 is 0. The fourth-order valence-corrected chi connectivity index (χ4v) is 3.19. The van der Waals surface area contributed by atoms with Gasteiger partial charge in [0.2, 0.25) is 0 Å². The average molecular weight is 408 g/mol. The zero-order chi connectivity index (χ0) is 21.7. The number of ether oxygens (including phenoxy) is 2. The van der Waals surface area contributed by atoms with Crippen LogP contribution in [-0.4, -0.2) is 33.7 Å². The Morgan fingerprint density at radius 2 is 1.87 bits per heavy atom. The number of carboxylic acids is 1. The molecule has 0 aliphatic rings. The molecule has 0 amide bonds. The predicted octanol–water partition coefficient (Wildman–Crippen LogP) is 3.92. The van der Waals surface area contributed by atoms with Gasteiger partial charge in [-0.1, -0.05) is 19.1 Å². The van der Waals surface area contributed by atoms with Crippen LogP contribution in [0.15, 0.2) is 41.3 Å². The third kappa shape index (κ3) is 4.20. The quantitative estimate of drug-likeness (QED) is 0.608. The number of aromatic carboxylic acids is 1. The van der Waals surface area contributed by atoms with Crippen molar-refractivity contribution in [3.05, 3.63) is 69.3 Å². The molecular formula is C23H24N2O5. The second kappa shape index (κ2) is 9.26. The molecule has 0 fully saturated rings. The number of para-hydroxylation sites is 1. The van der Waals surface area contributed by atoms with Gasteiger partial charge in [0.1, 0.15) is 5.65 Å². The van der Waals surface area contributed by atoms with E-state index in [1.54, 1.807) is 6.08 Å². The van der Waals surface area contributed by atoms with Crippen LogP contribution >= 0.6 is 0 Å². The summed E-state index contributed by atoms with van der Waals surface area (Å²) in [7, 11) is 0. The van der Waals surface area contributed by atoms with Crippen LogP contribution in [0.5, 0.6) is 11.5 Å². The van der Waals surface area contributed by atoms with Crippen molar-refractivity contribution in [1.29, 1.82) is 0 Å². The van der Waals surface area contributed by atoms with Crippen LogP contribution in [0.2, 0.25) is 0 Å². The zero-order valence-corrected chi connectivity index (χ0v) is 17.2. The molecule has 7 heteroatoms. The summed E-state index contributed by atoms with van der Waals surface area (Å²) in [5.41, 5.74) is 1.99. The standard InChI is InChI=1S/C23H24N2O5/c1-4-17-18(24-20-13-11-16(23(27)28)14-25(20)22(17)26)12-10-15-8-7-9-19(29-5-2)21(15)30-6-3/h7-14H,4-6H2,1-3H3,(H,27,28)/b12-10+. The van der Waals surface area contributed by atoms with E-state index >= 15 is 0 Å². The molecule has 2 heterocycles. The molecule has 2 aromatic heterocycles. The summed E-state index contributed by atoms with van der Waals surface area (Å²) in [4.78, 5) is 28.7. The molecule has 0 aliphatic carbocycles. The fraction of sp³-hybridized carbons (Fsp3) is 0.261. The van der Waals surface area contributed by atoms with Crippen LogP contribution in [0.3, 0.4) is 0 Å². The predicted molar refractivity (Wildman–Crippen MR) is 116 cm³/mol. The monoisotopic (exact) mass is 408 g/mol. The van der Waals surface area contributed by atoms with E-state index in [-0.39, 0.29) is 11.1 Å². The first-order valence-electron chi connectivity index (χ1n) is 9.85. The van der Waals surface area contributed by atoms with Crippen molar-refractivity contribution in [2.45, 2.75) is 27.2 Å². The van der Waals surface area contributed by atoms with Crippen LogP contribution < -0.4 is 15.0 Å². The van der Waals surface area contributed by atoms with Crippen molar-refractivity contribution >= 4 is 23.8 Å². The van der Waals surface area contributed by atoms with Gasteiger partial charge in [-0.2, -0.15) is 0 Å². The summed E-state index contributed by atoms with van der Waals surface area (Å²) in [6.45, 7) is 6.70. The highest BCUT2D eigenvalue weighted by molar-refractivity contribution is 5.87. The molecule has 30 heavy (non-hydrogen) atoms. The van der Waals surface area contributed by atoms with Gasteiger partial charge in [-0.05, 0) is 50.6 Å². The zero-order valence-electron chi connectivity index (χ0n) is 17.2. The maximum atomic E-state index is 12.9. The number of carboxylic acid groups (broad SMARTS) is 1. The first-order chi connectivity index (χ1) is 14.5. The van der Waals surface area contributed by atoms with Crippen molar-refractivity contribution < 1.29 is 19.4 Å². The van der Waals surface area contributed by atoms with E-state index in [2.05, 4.69) is 4.98 Å². The number of hydrogen-bond donors (Lipinski definition) is 1. The Hall–Kier alpha value is -3.61.